The first kappa shape index (κ1) is 29.0. The Hall–Kier alpha value is -2.60. The smallest absolute Gasteiger partial charge is 0.326 e. The zero-order valence-electron chi connectivity index (χ0n) is 20.3. The van der Waals surface area contributed by atoms with Crippen LogP contribution in [0.2, 0.25) is 0 Å². The molecule has 0 aromatic heterocycles. The third-order valence-corrected chi connectivity index (χ3v) is 8.32. The number of alkyl halides is 6. The number of sulfone groups is 1. The molecular formula is C25H28F6N2O3S. The van der Waals surface area contributed by atoms with Crippen molar-refractivity contribution in [2.24, 2.45) is 5.92 Å². The summed E-state index contributed by atoms with van der Waals surface area (Å²) in [6.07, 6.45) is -10.7. The molecule has 1 saturated heterocycles. The number of rotatable bonds is 7. The Kier molecular flexibility index (Phi) is 8.33. The molecule has 2 aromatic carbocycles. The van der Waals surface area contributed by atoms with Gasteiger partial charge in [-0.1, -0.05) is 38.1 Å². The van der Waals surface area contributed by atoms with Crippen molar-refractivity contribution < 1.29 is 39.6 Å². The van der Waals surface area contributed by atoms with E-state index in [4.69, 9.17) is 0 Å². The van der Waals surface area contributed by atoms with Gasteiger partial charge in [-0.25, -0.2) is 8.42 Å². The predicted molar refractivity (Wildman–Crippen MR) is 127 cm³/mol. The molecular weight excluding hydrogens is 522 g/mol. The SMILES string of the molecule is CCS(=O)(=O)c1ccc(CC(=O)Nc2ccc(C(N3CCCC(C)C3)(C(F)(F)F)C(F)(F)F)cc2)cc1. The first-order chi connectivity index (χ1) is 17.1. The second-order valence-electron chi connectivity index (χ2n) is 9.25. The van der Waals surface area contributed by atoms with Crippen molar-refractivity contribution >= 4 is 21.4 Å². The van der Waals surface area contributed by atoms with Crippen LogP contribution < -0.4 is 5.32 Å². The van der Waals surface area contributed by atoms with Crippen LogP contribution in [0.3, 0.4) is 0 Å². The van der Waals surface area contributed by atoms with E-state index in [1.54, 1.807) is 6.92 Å². The lowest BCUT2D eigenvalue weighted by molar-refractivity contribution is -0.351. The van der Waals surface area contributed by atoms with Crippen molar-refractivity contribution in [2.45, 2.75) is 55.9 Å². The maximum absolute atomic E-state index is 14.3. The summed E-state index contributed by atoms with van der Waals surface area (Å²) >= 11 is 0. The summed E-state index contributed by atoms with van der Waals surface area (Å²) in [5.74, 6) is -0.974. The number of carbonyl (C=O) groups excluding carboxylic acids is 1. The molecule has 1 N–H and O–H groups in total. The summed E-state index contributed by atoms with van der Waals surface area (Å²) in [7, 11) is -3.40. The maximum atomic E-state index is 14.3. The lowest BCUT2D eigenvalue weighted by Gasteiger charge is -2.48. The number of halogens is 6. The molecule has 12 heteroatoms. The Morgan fingerprint density at radius 3 is 2.03 bits per heavy atom. The summed E-state index contributed by atoms with van der Waals surface area (Å²) in [4.78, 5) is 13.0. The van der Waals surface area contributed by atoms with Crippen molar-refractivity contribution in [3.63, 3.8) is 0 Å². The maximum Gasteiger partial charge on any atom is 0.419 e. The molecule has 1 atom stereocenters. The molecule has 1 aliphatic rings. The van der Waals surface area contributed by atoms with E-state index in [1.807, 2.05) is 0 Å². The van der Waals surface area contributed by atoms with Gasteiger partial charge in [0.2, 0.25) is 11.4 Å². The number of benzene rings is 2. The van der Waals surface area contributed by atoms with Gasteiger partial charge in [-0.2, -0.15) is 26.3 Å². The lowest BCUT2D eigenvalue weighted by atomic mass is 9.83. The Bertz CT molecular complexity index is 1180. The Morgan fingerprint density at radius 2 is 1.54 bits per heavy atom. The van der Waals surface area contributed by atoms with Crippen LogP contribution in [0.25, 0.3) is 0 Å². The van der Waals surface area contributed by atoms with E-state index in [1.165, 1.54) is 31.2 Å². The fraction of sp³-hybridized carbons (Fsp3) is 0.480. The van der Waals surface area contributed by atoms with Gasteiger partial charge in [0.1, 0.15) is 0 Å². The standard InChI is InChI=1S/C25H28F6N2O3S/c1-3-37(35,36)21-12-6-18(7-13-21)15-22(34)32-20-10-8-19(9-11-20)23(24(26,27)28,25(29,30)31)33-14-4-5-17(2)16-33/h6-13,17H,3-5,14-16H2,1-2H3,(H,32,34). The average molecular weight is 551 g/mol. The number of nitrogens with zero attached hydrogens (tertiary/aromatic N) is 1. The first-order valence-electron chi connectivity index (χ1n) is 11.7. The van der Waals surface area contributed by atoms with Gasteiger partial charge >= 0.3 is 12.4 Å². The molecule has 1 heterocycles. The molecule has 0 radical (unpaired) electrons. The molecule has 204 valence electrons. The minimum atomic E-state index is -5.63. The van der Waals surface area contributed by atoms with Crippen molar-refractivity contribution in [2.75, 3.05) is 24.2 Å². The Balaban J connectivity index is 1.83. The van der Waals surface area contributed by atoms with Crippen LogP contribution in [-0.4, -0.2) is 50.4 Å². The highest BCUT2D eigenvalue weighted by molar-refractivity contribution is 7.91. The number of hydrogen-bond donors (Lipinski definition) is 1. The van der Waals surface area contributed by atoms with Crippen molar-refractivity contribution in [3.05, 3.63) is 59.7 Å². The summed E-state index contributed by atoms with van der Waals surface area (Å²) in [5.41, 5.74) is -4.62. The zero-order chi connectivity index (χ0) is 27.6. The molecule has 3 rings (SSSR count). The predicted octanol–water partition coefficient (Wildman–Crippen LogP) is 5.71. The normalized spacial score (nSPS) is 18.0. The average Bonchev–Trinajstić information content (AvgIpc) is 2.79. The monoisotopic (exact) mass is 550 g/mol. The number of piperidine rings is 1. The highest BCUT2D eigenvalue weighted by Crippen LogP contribution is 2.55. The Labute approximate surface area is 211 Å². The summed E-state index contributed by atoms with van der Waals surface area (Å²) < 4.78 is 109. The number of hydrogen-bond acceptors (Lipinski definition) is 4. The molecule has 0 spiro atoms. The van der Waals surface area contributed by atoms with Crippen LogP contribution in [0.1, 0.15) is 37.8 Å². The second kappa shape index (κ2) is 10.6. The van der Waals surface area contributed by atoms with Gasteiger partial charge in [0, 0.05) is 12.2 Å². The second-order valence-corrected chi connectivity index (χ2v) is 11.5. The topological polar surface area (TPSA) is 66.5 Å². The van der Waals surface area contributed by atoms with E-state index in [2.05, 4.69) is 5.32 Å². The molecule has 2 aromatic rings. The number of likely N-dealkylation sites (tertiary alicyclic amines) is 1. The largest absolute Gasteiger partial charge is 0.419 e. The van der Waals surface area contributed by atoms with Gasteiger partial charge < -0.3 is 5.32 Å². The van der Waals surface area contributed by atoms with E-state index in [-0.39, 0.29) is 48.2 Å². The van der Waals surface area contributed by atoms with Crippen molar-refractivity contribution in [1.29, 1.82) is 0 Å². The lowest BCUT2D eigenvalue weighted by Crippen LogP contribution is -2.66. The summed E-state index contributed by atoms with van der Waals surface area (Å²) in [6, 6.07) is 9.20. The molecule has 0 saturated carbocycles. The van der Waals surface area contributed by atoms with Gasteiger partial charge in [-0.15, -0.1) is 0 Å². The van der Waals surface area contributed by atoms with Crippen LogP contribution in [0, 0.1) is 5.92 Å². The molecule has 5 nitrogen and oxygen atoms in total. The molecule has 1 aliphatic heterocycles. The number of amides is 1. The molecule has 0 bridgehead atoms. The molecule has 37 heavy (non-hydrogen) atoms. The van der Waals surface area contributed by atoms with Crippen LogP contribution in [0.15, 0.2) is 53.4 Å². The summed E-state index contributed by atoms with van der Waals surface area (Å²) in [6.45, 7) is 2.43. The van der Waals surface area contributed by atoms with E-state index < -0.39 is 39.2 Å². The van der Waals surface area contributed by atoms with E-state index in [0.29, 0.717) is 16.9 Å². The molecule has 1 fully saturated rings. The number of carbonyl (C=O) groups is 1. The van der Waals surface area contributed by atoms with E-state index >= 15 is 0 Å². The van der Waals surface area contributed by atoms with Gasteiger partial charge in [0.05, 0.1) is 17.1 Å². The zero-order valence-corrected chi connectivity index (χ0v) is 21.1. The molecule has 1 amide bonds. The number of nitrogens with one attached hydrogen (secondary N) is 1. The first-order valence-corrected chi connectivity index (χ1v) is 13.4. The van der Waals surface area contributed by atoms with E-state index in [0.717, 1.165) is 24.3 Å². The van der Waals surface area contributed by atoms with Crippen molar-refractivity contribution in [1.82, 2.24) is 4.90 Å². The van der Waals surface area contributed by atoms with Crippen LogP contribution in [-0.2, 0) is 26.6 Å². The van der Waals surface area contributed by atoms with Gasteiger partial charge in [0.15, 0.2) is 9.84 Å². The van der Waals surface area contributed by atoms with Crippen LogP contribution >= 0.6 is 0 Å². The van der Waals surface area contributed by atoms with Crippen molar-refractivity contribution in [3.8, 4) is 0 Å². The minimum Gasteiger partial charge on any atom is -0.326 e. The molecule has 1 unspecified atom stereocenters. The minimum absolute atomic E-state index is 0.0317. The Morgan fingerprint density at radius 1 is 0.973 bits per heavy atom. The number of anilines is 1. The fourth-order valence-corrected chi connectivity index (χ4v) is 5.57. The third kappa shape index (κ3) is 5.95. The highest BCUT2D eigenvalue weighted by Gasteiger charge is 2.74. The van der Waals surface area contributed by atoms with Gasteiger partial charge in [-0.05, 0) is 60.7 Å². The highest BCUT2D eigenvalue weighted by atomic mass is 32.2. The van der Waals surface area contributed by atoms with E-state index in [9.17, 15) is 39.6 Å². The van der Waals surface area contributed by atoms with Gasteiger partial charge in [-0.3, -0.25) is 9.69 Å². The molecule has 0 aliphatic carbocycles. The van der Waals surface area contributed by atoms with Gasteiger partial charge in [0.25, 0.3) is 0 Å². The fourth-order valence-electron chi connectivity index (χ4n) is 4.69. The summed E-state index contributed by atoms with van der Waals surface area (Å²) in [5, 5.41) is 2.46. The third-order valence-electron chi connectivity index (χ3n) is 6.57. The van der Waals surface area contributed by atoms with Crippen LogP contribution in [0.4, 0.5) is 32.0 Å². The van der Waals surface area contributed by atoms with Crippen LogP contribution in [0.5, 0.6) is 0 Å². The quantitative estimate of drug-likeness (QED) is 0.449.